The molecule has 8 aromatic carbocycles. The van der Waals surface area contributed by atoms with Crippen LogP contribution in [0.4, 0.5) is 0 Å². The first-order valence-electron chi connectivity index (χ1n) is 24.9. The third-order valence-corrected chi connectivity index (χ3v) is 14.5. The fraction of sp³-hybridized carbons (Fsp3) is 0.344. The maximum absolute atomic E-state index is 4.93. The average Bonchev–Trinajstić information content (AvgIpc) is 4.00. The number of hydrogen-bond acceptors (Lipinski definition) is 0. The van der Waals surface area contributed by atoms with Crippen molar-refractivity contribution in [3.8, 4) is 33.4 Å². The smallest absolute Gasteiger partial charge is 0.0920 e. The largest absolute Gasteiger partial charge is 0.184 e. The first-order chi connectivity index (χ1) is 32.4. The zero-order valence-electron chi connectivity index (χ0n) is 43.3. The molecule has 0 unspecified atom stereocenters. The van der Waals surface area contributed by atoms with Gasteiger partial charge in [-0.3, -0.25) is 0 Å². The SMILES string of the molecule is Cc1ccc2[cH-]c(CC(C)C)cc2c1-c1cc(C(C)C)cc(C(C)C)c1.Cc1ccc2[cH-]c(CC(C)C)cc2c1-c1cc(C(C)C)cc(C(C)C)c1.[Cl][Zr][Cl].[c-]1cccc2c1[Si]c1ccccc1-2. The molecule has 1 heterocycles. The fourth-order valence-corrected chi connectivity index (χ4v) is 10.9. The molecule has 0 aliphatic carbocycles. The summed E-state index contributed by atoms with van der Waals surface area (Å²) < 4.78 is 0. The summed E-state index contributed by atoms with van der Waals surface area (Å²) in [6.45, 7) is 32.0. The summed E-state index contributed by atoms with van der Waals surface area (Å²) in [5.74, 6) is 3.55. The van der Waals surface area contributed by atoms with E-state index in [0.717, 1.165) is 22.4 Å². The van der Waals surface area contributed by atoms with E-state index in [1.807, 2.05) is 6.07 Å². The minimum absolute atomic E-state index is 0.545. The predicted molar refractivity (Wildman–Crippen MR) is 300 cm³/mol. The Morgan fingerprint density at radius 1 is 0.500 bits per heavy atom. The number of benzene rings is 6. The molecule has 68 heavy (non-hydrogen) atoms. The van der Waals surface area contributed by atoms with Crippen molar-refractivity contribution in [3.05, 3.63) is 178 Å². The van der Waals surface area contributed by atoms with Crippen LogP contribution >= 0.6 is 17.0 Å². The van der Waals surface area contributed by atoms with Crippen molar-refractivity contribution >= 4 is 58.5 Å². The molecule has 354 valence electrons. The standard InChI is InChI=1S/2C26H33.C12H7Si.2ClH.Zr/c2*1-16(2)10-20-11-21-9-8-19(7)26(25(21)12-20)24-14-22(17(3)4)13-23(15-24)18(5)6;1-3-7-11-9(5-1)10-6-2-4-8-12(10)13-11;;;/h2*8-9,11-18H,10H2,1-7H3;1-7H;2*1H;/q3*-1;;;+2/p-2. The molecule has 0 atom stereocenters. The second kappa shape index (κ2) is 24.4. The van der Waals surface area contributed by atoms with Crippen LogP contribution < -0.4 is 10.4 Å². The van der Waals surface area contributed by atoms with E-state index in [1.165, 1.54) is 110 Å². The van der Waals surface area contributed by atoms with Gasteiger partial charge in [0.2, 0.25) is 0 Å². The van der Waals surface area contributed by atoms with Gasteiger partial charge in [-0.25, -0.2) is 0 Å². The molecule has 4 heteroatoms. The van der Waals surface area contributed by atoms with E-state index in [1.54, 1.807) is 0 Å². The van der Waals surface area contributed by atoms with E-state index >= 15 is 0 Å². The van der Waals surface area contributed by atoms with Crippen LogP contribution in [0.5, 0.6) is 0 Å². The zero-order chi connectivity index (χ0) is 49.4. The molecule has 0 nitrogen and oxygen atoms in total. The Bertz CT molecular complexity index is 2670. The molecule has 8 aromatic rings. The number of halogens is 2. The Morgan fingerprint density at radius 2 is 0.897 bits per heavy atom. The van der Waals surface area contributed by atoms with Crippen LogP contribution in [-0.2, 0) is 33.7 Å². The molecule has 0 fully saturated rings. The maximum Gasteiger partial charge on any atom is 0.0920 e. The van der Waals surface area contributed by atoms with E-state index < -0.39 is 20.8 Å². The van der Waals surface area contributed by atoms with Crippen molar-refractivity contribution in [1.29, 1.82) is 0 Å². The molecule has 0 saturated carbocycles. The van der Waals surface area contributed by atoms with E-state index in [2.05, 4.69) is 224 Å². The number of fused-ring (bicyclic) bond motifs is 5. The monoisotopic (exact) mass is 1030 g/mol. The van der Waals surface area contributed by atoms with Crippen molar-refractivity contribution in [2.24, 2.45) is 11.8 Å². The molecular weight excluding hydrogens is 959 g/mol. The van der Waals surface area contributed by atoms with Gasteiger partial charge in [-0.2, -0.15) is 41.6 Å². The van der Waals surface area contributed by atoms with Crippen LogP contribution in [0.3, 0.4) is 0 Å². The van der Waals surface area contributed by atoms with Crippen molar-refractivity contribution in [2.45, 2.75) is 133 Å². The Kier molecular flexibility index (Phi) is 19.2. The van der Waals surface area contributed by atoms with Gasteiger partial charge < -0.3 is 0 Å². The molecule has 2 radical (unpaired) electrons. The second-order valence-corrected chi connectivity index (χ2v) is 26.1. The third kappa shape index (κ3) is 13.3. The third-order valence-electron chi connectivity index (χ3n) is 13.1. The van der Waals surface area contributed by atoms with Gasteiger partial charge >= 0.3 is 37.9 Å². The van der Waals surface area contributed by atoms with Crippen molar-refractivity contribution in [3.63, 3.8) is 0 Å². The molecule has 0 aromatic heterocycles. The van der Waals surface area contributed by atoms with Crippen molar-refractivity contribution < 1.29 is 20.8 Å². The predicted octanol–water partition coefficient (Wildman–Crippen LogP) is 18.5. The summed E-state index contributed by atoms with van der Waals surface area (Å²) in [6, 6.07) is 51.4. The van der Waals surface area contributed by atoms with Gasteiger partial charge in [0.05, 0.1) is 9.52 Å². The van der Waals surface area contributed by atoms with Crippen LogP contribution in [0.1, 0.15) is 151 Å². The topological polar surface area (TPSA) is 0 Å². The Balaban J connectivity index is 0.000000171. The maximum atomic E-state index is 4.93. The van der Waals surface area contributed by atoms with Crippen molar-refractivity contribution in [2.75, 3.05) is 0 Å². The second-order valence-electron chi connectivity index (χ2n) is 21.0. The fourth-order valence-electron chi connectivity index (χ4n) is 9.55. The summed E-state index contributed by atoms with van der Waals surface area (Å²) in [5, 5.41) is 8.40. The summed E-state index contributed by atoms with van der Waals surface area (Å²) in [4.78, 5) is 0. The van der Waals surface area contributed by atoms with Crippen LogP contribution in [-0.4, -0.2) is 9.52 Å². The molecule has 0 N–H and O–H groups in total. The number of hydrogen-bond donors (Lipinski definition) is 0. The average molecular weight is 1030 g/mol. The molecule has 0 saturated heterocycles. The Labute approximate surface area is 432 Å². The van der Waals surface area contributed by atoms with Gasteiger partial charge in [0.1, 0.15) is 0 Å². The first-order valence-corrected chi connectivity index (χ1v) is 32.2. The van der Waals surface area contributed by atoms with E-state index in [0.29, 0.717) is 35.5 Å². The van der Waals surface area contributed by atoms with E-state index in [-0.39, 0.29) is 0 Å². The Morgan fingerprint density at radius 3 is 1.29 bits per heavy atom. The molecule has 0 spiro atoms. The van der Waals surface area contributed by atoms with Gasteiger partial charge in [0.25, 0.3) is 0 Å². The normalized spacial score (nSPS) is 11.8. The molecule has 0 amide bonds. The quantitative estimate of drug-likeness (QED) is 0.0946. The van der Waals surface area contributed by atoms with Gasteiger partial charge in [-0.05, 0) is 95.6 Å². The minimum atomic E-state index is -0.826. The van der Waals surface area contributed by atoms with Crippen LogP contribution in [0.2, 0.25) is 0 Å². The first kappa shape index (κ1) is 53.6. The van der Waals surface area contributed by atoms with Crippen LogP contribution in [0.15, 0.2) is 127 Å². The molecule has 1 aliphatic heterocycles. The number of aryl methyl sites for hydroxylation is 2. The minimum Gasteiger partial charge on any atom is -0.184 e. The molecule has 9 rings (SSSR count). The van der Waals surface area contributed by atoms with Crippen LogP contribution in [0.25, 0.3) is 54.9 Å². The molecule has 1 aliphatic rings. The summed E-state index contributed by atoms with van der Waals surface area (Å²) in [6.07, 6.45) is 2.30. The number of rotatable bonds is 10. The van der Waals surface area contributed by atoms with Crippen molar-refractivity contribution in [1.82, 2.24) is 0 Å². The summed E-state index contributed by atoms with van der Waals surface area (Å²) in [5.41, 5.74) is 19.8. The zero-order valence-corrected chi connectivity index (χ0v) is 48.2. The molecule has 0 bridgehead atoms. The van der Waals surface area contributed by atoms with Gasteiger partial charge in [0, 0.05) is 0 Å². The van der Waals surface area contributed by atoms with E-state index in [9.17, 15) is 0 Å². The van der Waals surface area contributed by atoms with E-state index in [4.69, 9.17) is 17.0 Å². The van der Waals surface area contributed by atoms with Gasteiger partial charge in [0.15, 0.2) is 0 Å². The molecular formula is C64H73Cl2SiZr-3. The summed E-state index contributed by atoms with van der Waals surface area (Å²) >= 11 is -0.826. The van der Waals surface area contributed by atoms with Gasteiger partial charge in [-0.1, -0.05) is 177 Å². The Hall–Kier alpha value is -3.78. The summed E-state index contributed by atoms with van der Waals surface area (Å²) in [7, 11) is 10.7. The van der Waals surface area contributed by atoms with Gasteiger partial charge in [-0.15, -0.1) is 74.6 Å². The van der Waals surface area contributed by atoms with Crippen LogP contribution in [0, 0.1) is 31.7 Å².